The minimum Gasteiger partial charge on any atom is -0.481 e. The molecular weight excluding hydrogens is 240 g/mol. The third-order valence-corrected chi connectivity index (χ3v) is 3.10. The molecule has 0 saturated carbocycles. The van der Waals surface area contributed by atoms with E-state index in [0.717, 1.165) is 0 Å². The van der Waals surface area contributed by atoms with Gasteiger partial charge in [-0.3, -0.25) is 9.59 Å². The van der Waals surface area contributed by atoms with Crippen molar-refractivity contribution in [2.45, 2.75) is 44.7 Å². The number of hydrogen-bond acceptors (Lipinski definition) is 4. The van der Waals surface area contributed by atoms with Gasteiger partial charge in [0.15, 0.2) is 8.32 Å². The zero-order valence-electron chi connectivity index (χ0n) is 10.3. The predicted octanol–water partition coefficient (Wildman–Crippen LogP) is 1.55. The first-order valence-electron chi connectivity index (χ1n) is 5.54. The van der Waals surface area contributed by atoms with Crippen LogP contribution in [0, 0.1) is 0 Å². The van der Waals surface area contributed by atoms with Gasteiger partial charge in [0.2, 0.25) is 0 Å². The summed E-state index contributed by atoms with van der Waals surface area (Å²) in [6, 6.07) is 0. The first-order valence-corrected chi connectivity index (χ1v) is 8.94. The van der Waals surface area contributed by atoms with Gasteiger partial charge < -0.3 is 14.3 Å². The predicted molar refractivity (Wildman–Crippen MR) is 64.1 cm³/mol. The second kappa shape index (κ2) is 5.46. The van der Waals surface area contributed by atoms with E-state index in [1.165, 1.54) is 0 Å². The number of esters is 1. The van der Waals surface area contributed by atoms with Gasteiger partial charge in [0.25, 0.3) is 0 Å². The van der Waals surface area contributed by atoms with Crippen molar-refractivity contribution in [3.63, 3.8) is 0 Å². The lowest BCUT2D eigenvalue weighted by molar-refractivity contribution is -0.153. The van der Waals surface area contributed by atoms with Crippen molar-refractivity contribution < 1.29 is 23.9 Å². The molecule has 1 N–H and O–H groups in total. The molecule has 17 heavy (non-hydrogen) atoms. The average molecular weight is 258 g/mol. The fourth-order valence-electron chi connectivity index (χ4n) is 1.60. The topological polar surface area (TPSA) is 72.8 Å². The van der Waals surface area contributed by atoms with Gasteiger partial charge in [0.1, 0.15) is 12.5 Å². The first kappa shape index (κ1) is 13.9. The summed E-state index contributed by atoms with van der Waals surface area (Å²) in [4.78, 5) is 21.4. The molecule has 0 spiro atoms. The number of carbonyl (C=O) groups excluding carboxylic acids is 1. The van der Waals surface area contributed by atoms with Gasteiger partial charge in [0, 0.05) is 6.42 Å². The zero-order chi connectivity index (χ0) is 13.1. The van der Waals surface area contributed by atoms with E-state index in [-0.39, 0.29) is 12.2 Å². The molecule has 0 fully saturated rings. The van der Waals surface area contributed by atoms with Crippen molar-refractivity contribution in [1.29, 1.82) is 0 Å². The Bertz CT molecular complexity index is 331. The number of aliphatic carboxylic acids is 1. The molecule has 0 aliphatic heterocycles. The summed E-state index contributed by atoms with van der Waals surface area (Å²) in [6.07, 6.45) is 3.23. The highest BCUT2D eigenvalue weighted by Gasteiger charge is 2.27. The third-order valence-electron chi connectivity index (χ3n) is 2.09. The number of carbonyl (C=O) groups is 2. The van der Waals surface area contributed by atoms with Crippen LogP contribution in [0.1, 0.15) is 12.8 Å². The van der Waals surface area contributed by atoms with Crippen LogP contribution < -0.4 is 0 Å². The van der Waals surface area contributed by atoms with Crippen molar-refractivity contribution in [3.8, 4) is 0 Å². The smallest absolute Gasteiger partial charge is 0.317 e. The summed E-state index contributed by atoms with van der Waals surface area (Å²) >= 11 is 0. The summed E-state index contributed by atoms with van der Waals surface area (Å²) in [5, 5.41) is 8.42. The SMILES string of the molecule is C[Si](C)(C)O[C@@H]1C=C[C@H](OC(=O)CC(=O)O)C1. The molecular formula is C11H18O5Si. The number of carboxylic acids is 1. The minimum absolute atomic E-state index is 0.0238. The molecule has 1 aliphatic rings. The molecule has 0 saturated heterocycles. The van der Waals surface area contributed by atoms with Crippen molar-refractivity contribution in [2.75, 3.05) is 0 Å². The van der Waals surface area contributed by atoms with Crippen LogP contribution in [0.3, 0.4) is 0 Å². The van der Waals surface area contributed by atoms with Crippen LogP contribution >= 0.6 is 0 Å². The molecule has 0 aromatic carbocycles. The molecule has 96 valence electrons. The summed E-state index contributed by atoms with van der Waals surface area (Å²) in [7, 11) is -1.60. The maximum atomic E-state index is 11.1. The summed E-state index contributed by atoms with van der Waals surface area (Å²) in [5.41, 5.74) is 0. The highest BCUT2D eigenvalue weighted by Crippen LogP contribution is 2.21. The molecule has 0 aromatic rings. The van der Waals surface area contributed by atoms with Crippen LogP contribution in [0.5, 0.6) is 0 Å². The highest BCUT2D eigenvalue weighted by atomic mass is 28.4. The molecule has 1 rings (SSSR count). The molecule has 1 aliphatic carbocycles. The van der Waals surface area contributed by atoms with Crippen LogP contribution in [0.2, 0.25) is 19.6 Å². The molecule has 0 aromatic heterocycles. The van der Waals surface area contributed by atoms with E-state index in [9.17, 15) is 9.59 Å². The summed E-state index contributed by atoms with van der Waals surface area (Å²) < 4.78 is 10.8. The van der Waals surface area contributed by atoms with Gasteiger partial charge in [-0.2, -0.15) is 0 Å². The second-order valence-corrected chi connectivity index (χ2v) is 9.45. The van der Waals surface area contributed by atoms with Crippen molar-refractivity contribution >= 4 is 20.3 Å². The number of ether oxygens (including phenoxy) is 1. The van der Waals surface area contributed by atoms with E-state index < -0.39 is 26.7 Å². The van der Waals surface area contributed by atoms with E-state index >= 15 is 0 Å². The fraction of sp³-hybridized carbons (Fsp3) is 0.636. The van der Waals surface area contributed by atoms with Crippen LogP contribution in [-0.4, -0.2) is 37.6 Å². The molecule has 0 amide bonds. The Hall–Kier alpha value is -1.14. The van der Waals surface area contributed by atoms with Gasteiger partial charge in [-0.1, -0.05) is 6.08 Å². The zero-order valence-corrected chi connectivity index (χ0v) is 11.3. The molecule has 6 heteroatoms. The lowest BCUT2D eigenvalue weighted by Gasteiger charge is -2.22. The van der Waals surface area contributed by atoms with Gasteiger partial charge in [-0.05, 0) is 25.7 Å². The van der Waals surface area contributed by atoms with Gasteiger partial charge >= 0.3 is 11.9 Å². The Morgan fingerprint density at radius 1 is 1.29 bits per heavy atom. The van der Waals surface area contributed by atoms with Crippen molar-refractivity contribution in [3.05, 3.63) is 12.2 Å². The van der Waals surface area contributed by atoms with E-state index in [1.807, 2.05) is 6.08 Å². The lowest BCUT2D eigenvalue weighted by Crippen LogP contribution is -2.31. The molecule has 5 nitrogen and oxygen atoms in total. The second-order valence-electron chi connectivity index (χ2n) is 4.99. The van der Waals surface area contributed by atoms with E-state index in [4.69, 9.17) is 14.3 Å². The average Bonchev–Trinajstić information content (AvgIpc) is 2.46. The van der Waals surface area contributed by atoms with Crippen LogP contribution in [0.4, 0.5) is 0 Å². The van der Waals surface area contributed by atoms with Crippen molar-refractivity contribution in [1.82, 2.24) is 0 Å². The molecule has 2 atom stereocenters. The quantitative estimate of drug-likeness (QED) is 0.350. The van der Waals surface area contributed by atoms with Gasteiger partial charge in [-0.25, -0.2) is 0 Å². The highest BCUT2D eigenvalue weighted by molar-refractivity contribution is 6.69. The standard InChI is InChI=1S/C11H18O5Si/c1-17(2,3)16-9-5-4-8(6-9)15-11(14)7-10(12)13/h4-5,8-9H,6-7H2,1-3H3,(H,12,13)/t8-,9+/m0/s1. The van der Waals surface area contributed by atoms with Gasteiger partial charge in [0.05, 0.1) is 6.10 Å². The Kier molecular flexibility index (Phi) is 4.47. The van der Waals surface area contributed by atoms with E-state index in [1.54, 1.807) is 6.08 Å². The Labute approximate surface area is 102 Å². The fourth-order valence-corrected chi connectivity index (χ4v) is 2.68. The van der Waals surface area contributed by atoms with Crippen molar-refractivity contribution in [2.24, 2.45) is 0 Å². The van der Waals surface area contributed by atoms with E-state index in [2.05, 4.69) is 19.6 Å². The molecule has 0 unspecified atom stereocenters. The molecule has 0 heterocycles. The summed E-state index contributed by atoms with van der Waals surface area (Å²) in [5.74, 6) is -1.88. The van der Waals surface area contributed by atoms with Crippen LogP contribution in [-0.2, 0) is 18.8 Å². The summed E-state index contributed by atoms with van der Waals surface area (Å²) in [6.45, 7) is 6.26. The molecule has 0 bridgehead atoms. The third kappa shape index (κ3) is 5.65. The largest absolute Gasteiger partial charge is 0.481 e. The van der Waals surface area contributed by atoms with E-state index in [0.29, 0.717) is 6.42 Å². The number of rotatable bonds is 5. The molecule has 0 radical (unpaired) electrons. The maximum absolute atomic E-state index is 11.1. The van der Waals surface area contributed by atoms with Crippen LogP contribution in [0.25, 0.3) is 0 Å². The Morgan fingerprint density at radius 3 is 2.41 bits per heavy atom. The lowest BCUT2D eigenvalue weighted by atomic mass is 10.3. The van der Waals surface area contributed by atoms with Gasteiger partial charge in [-0.15, -0.1) is 0 Å². The number of carboxylic acid groups (broad SMARTS) is 1. The maximum Gasteiger partial charge on any atom is 0.317 e. The Balaban J connectivity index is 2.34. The Morgan fingerprint density at radius 2 is 1.88 bits per heavy atom. The van der Waals surface area contributed by atoms with Crippen LogP contribution in [0.15, 0.2) is 12.2 Å². The monoisotopic (exact) mass is 258 g/mol. The normalized spacial score (nSPS) is 23.7. The number of hydrogen-bond donors (Lipinski definition) is 1. The minimum atomic E-state index is -1.60. The first-order chi connectivity index (χ1) is 7.76.